The van der Waals surface area contributed by atoms with Crippen molar-refractivity contribution in [3.63, 3.8) is 0 Å². The number of hydrogen-bond acceptors (Lipinski definition) is 2. The van der Waals surface area contributed by atoms with Gasteiger partial charge in [0.2, 0.25) is 0 Å². The molecule has 0 amide bonds. The van der Waals surface area contributed by atoms with Crippen LogP contribution in [0.2, 0.25) is 15.1 Å². The Labute approximate surface area is 138 Å². The average molecular weight is 349 g/mol. The molecule has 1 atom stereocenters. The summed E-state index contributed by atoms with van der Waals surface area (Å²) in [6.45, 7) is 3.09. The summed E-state index contributed by atoms with van der Waals surface area (Å²) in [4.78, 5) is 1.15. The van der Waals surface area contributed by atoms with Crippen molar-refractivity contribution in [2.75, 3.05) is 6.54 Å². The molecule has 108 valence electrons. The number of rotatable bonds is 6. The van der Waals surface area contributed by atoms with Crippen LogP contribution in [0.3, 0.4) is 0 Å². The molecule has 0 aliphatic carbocycles. The second kappa shape index (κ2) is 7.67. The molecule has 1 aromatic heterocycles. The molecule has 1 heterocycles. The molecule has 0 radical (unpaired) electrons. The fraction of sp³-hybridized carbons (Fsp3) is 0.333. The molecule has 0 fully saturated rings. The van der Waals surface area contributed by atoms with E-state index in [4.69, 9.17) is 34.8 Å². The van der Waals surface area contributed by atoms with Gasteiger partial charge >= 0.3 is 0 Å². The van der Waals surface area contributed by atoms with Gasteiger partial charge in [-0.25, -0.2) is 0 Å². The first-order valence-corrected chi connectivity index (χ1v) is 8.53. The Morgan fingerprint density at radius 1 is 1.15 bits per heavy atom. The SMILES string of the molecule is CCCNC(Cc1cc(Cl)ccc1Cl)c1sccc1Cl. The van der Waals surface area contributed by atoms with Crippen molar-refractivity contribution in [1.29, 1.82) is 0 Å². The van der Waals surface area contributed by atoms with E-state index in [9.17, 15) is 0 Å². The summed E-state index contributed by atoms with van der Waals surface area (Å²) in [7, 11) is 0. The molecule has 20 heavy (non-hydrogen) atoms. The Bertz CT molecular complexity index is 568. The highest BCUT2D eigenvalue weighted by atomic mass is 35.5. The van der Waals surface area contributed by atoms with Crippen LogP contribution in [0.4, 0.5) is 0 Å². The number of hydrogen-bond donors (Lipinski definition) is 1. The van der Waals surface area contributed by atoms with Gasteiger partial charge in [0.15, 0.2) is 0 Å². The third-order valence-electron chi connectivity index (χ3n) is 3.03. The van der Waals surface area contributed by atoms with E-state index in [1.165, 1.54) is 0 Å². The standard InChI is InChI=1S/C15H16Cl3NS/c1-2-6-19-14(15-13(18)5-7-20-15)9-10-8-11(16)3-4-12(10)17/h3-5,7-8,14,19H,2,6,9H2,1H3. The van der Waals surface area contributed by atoms with E-state index < -0.39 is 0 Å². The van der Waals surface area contributed by atoms with Gasteiger partial charge in [-0.3, -0.25) is 0 Å². The monoisotopic (exact) mass is 347 g/mol. The van der Waals surface area contributed by atoms with Crippen LogP contribution in [0.1, 0.15) is 29.8 Å². The Morgan fingerprint density at radius 2 is 1.95 bits per heavy atom. The lowest BCUT2D eigenvalue weighted by Crippen LogP contribution is -2.23. The summed E-state index contributed by atoms with van der Waals surface area (Å²) in [5.74, 6) is 0. The van der Waals surface area contributed by atoms with Gasteiger partial charge in [-0.15, -0.1) is 11.3 Å². The van der Waals surface area contributed by atoms with Crippen molar-refractivity contribution in [2.24, 2.45) is 0 Å². The molecule has 2 aromatic rings. The maximum Gasteiger partial charge on any atom is 0.0561 e. The lowest BCUT2D eigenvalue weighted by molar-refractivity contribution is 0.537. The zero-order valence-corrected chi connectivity index (χ0v) is 14.2. The van der Waals surface area contributed by atoms with Gasteiger partial charge in [0.05, 0.1) is 5.02 Å². The van der Waals surface area contributed by atoms with Gasteiger partial charge in [-0.2, -0.15) is 0 Å². The van der Waals surface area contributed by atoms with Gasteiger partial charge in [0, 0.05) is 21.0 Å². The number of nitrogens with one attached hydrogen (secondary N) is 1. The Kier molecular flexibility index (Phi) is 6.19. The van der Waals surface area contributed by atoms with Gasteiger partial charge in [0.25, 0.3) is 0 Å². The maximum atomic E-state index is 6.26. The number of thiophene rings is 1. The van der Waals surface area contributed by atoms with Crippen molar-refractivity contribution in [2.45, 2.75) is 25.8 Å². The van der Waals surface area contributed by atoms with Crippen LogP contribution in [0.5, 0.6) is 0 Å². The van der Waals surface area contributed by atoms with Gasteiger partial charge in [0.1, 0.15) is 0 Å². The summed E-state index contributed by atoms with van der Waals surface area (Å²) >= 11 is 20.2. The van der Waals surface area contributed by atoms with Crippen molar-refractivity contribution in [3.8, 4) is 0 Å². The maximum absolute atomic E-state index is 6.26. The van der Waals surface area contributed by atoms with E-state index in [0.29, 0.717) is 5.02 Å². The average Bonchev–Trinajstić information content (AvgIpc) is 2.84. The van der Waals surface area contributed by atoms with E-state index in [-0.39, 0.29) is 6.04 Å². The second-order valence-corrected chi connectivity index (χ2v) is 6.78. The number of halogens is 3. The fourth-order valence-electron chi connectivity index (χ4n) is 2.05. The summed E-state index contributed by atoms with van der Waals surface area (Å²) < 4.78 is 0. The zero-order valence-electron chi connectivity index (χ0n) is 11.1. The summed E-state index contributed by atoms with van der Waals surface area (Å²) in [6.07, 6.45) is 1.85. The van der Waals surface area contributed by atoms with Crippen LogP contribution in [0.15, 0.2) is 29.6 Å². The summed E-state index contributed by atoms with van der Waals surface area (Å²) in [5.41, 5.74) is 1.04. The Balaban J connectivity index is 2.23. The lowest BCUT2D eigenvalue weighted by Gasteiger charge is -2.19. The first-order chi connectivity index (χ1) is 9.61. The van der Waals surface area contributed by atoms with E-state index >= 15 is 0 Å². The van der Waals surface area contributed by atoms with Crippen LogP contribution in [0.25, 0.3) is 0 Å². The minimum atomic E-state index is 0.165. The quantitative estimate of drug-likeness (QED) is 0.676. The van der Waals surface area contributed by atoms with Gasteiger partial charge in [-0.1, -0.05) is 41.7 Å². The third-order valence-corrected chi connectivity index (χ3v) is 5.11. The highest BCUT2D eigenvalue weighted by Crippen LogP contribution is 2.33. The third kappa shape index (κ3) is 4.12. The van der Waals surface area contributed by atoms with Crippen LogP contribution in [0, 0.1) is 0 Å². The van der Waals surface area contributed by atoms with E-state index in [1.807, 2.05) is 23.6 Å². The van der Waals surface area contributed by atoms with E-state index in [0.717, 1.165) is 39.9 Å². The molecular formula is C15H16Cl3NS. The zero-order chi connectivity index (χ0) is 14.5. The van der Waals surface area contributed by atoms with Gasteiger partial charge in [-0.05, 0) is 54.6 Å². The van der Waals surface area contributed by atoms with Crippen LogP contribution < -0.4 is 5.32 Å². The molecule has 1 N–H and O–H groups in total. The highest BCUT2D eigenvalue weighted by molar-refractivity contribution is 7.10. The Morgan fingerprint density at radius 3 is 2.60 bits per heavy atom. The lowest BCUT2D eigenvalue weighted by atomic mass is 10.0. The molecular weight excluding hydrogens is 333 g/mol. The van der Waals surface area contributed by atoms with E-state index in [1.54, 1.807) is 17.4 Å². The predicted molar refractivity (Wildman–Crippen MR) is 90.5 cm³/mol. The van der Waals surface area contributed by atoms with Crippen molar-refractivity contribution in [3.05, 3.63) is 55.2 Å². The molecule has 0 saturated heterocycles. The normalized spacial score (nSPS) is 12.6. The summed E-state index contributed by atoms with van der Waals surface area (Å²) in [5, 5.41) is 7.80. The van der Waals surface area contributed by atoms with Crippen molar-refractivity contribution < 1.29 is 0 Å². The molecule has 2 rings (SSSR count). The molecule has 0 aliphatic rings. The predicted octanol–water partition coefficient (Wildman–Crippen LogP) is 5.99. The molecule has 5 heteroatoms. The van der Waals surface area contributed by atoms with Crippen molar-refractivity contribution >= 4 is 46.1 Å². The largest absolute Gasteiger partial charge is 0.309 e. The molecule has 0 saturated carbocycles. The Hall–Kier alpha value is -0.250. The first kappa shape index (κ1) is 16.1. The van der Waals surface area contributed by atoms with E-state index in [2.05, 4.69) is 12.2 Å². The molecule has 0 spiro atoms. The van der Waals surface area contributed by atoms with Crippen LogP contribution in [-0.2, 0) is 6.42 Å². The van der Waals surface area contributed by atoms with Crippen LogP contribution >= 0.6 is 46.1 Å². The minimum absolute atomic E-state index is 0.165. The van der Waals surface area contributed by atoms with Crippen molar-refractivity contribution in [1.82, 2.24) is 5.32 Å². The first-order valence-electron chi connectivity index (χ1n) is 6.52. The second-order valence-electron chi connectivity index (χ2n) is 4.58. The molecule has 0 aliphatic heterocycles. The highest BCUT2D eigenvalue weighted by Gasteiger charge is 2.17. The summed E-state index contributed by atoms with van der Waals surface area (Å²) in [6, 6.07) is 7.67. The molecule has 1 aromatic carbocycles. The minimum Gasteiger partial charge on any atom is -0.309 e. The molecule has 1 unspecified atom stereocenters. The fourth-order valence-corrected chi connectivity index (χ4v) is 3.70. The smallest absolute Gasteiger partial charge is 0.0561 e. The number of benzene rings is 1. The molecule has 1 nitrogen and oxygen atoms in total. The van der Waals surface area contributed by atoms with Crippen LogP contribution in [-0.4, -0.2) is 6.54 Å². The van der Waals surface area contributed by atoms with Gasteiger partial charge < -0.3 is 5.32 Å². The topological polar surface area (TPSA) is 12.0 Å². The molecule has 0 bridgehead atoms.